The molecule has 0 fully saturated rings. The van der Waals surface area contributed by atoms with E-state index in [1.807, 2.05) is 46.1 Å². The van der Waals surface area contributed by atoms with Gasteiger partial charge in [0.1, 0.15) is 5.75 Å². The summed E-state index contributed by atoms with van der Waals surface area (Å²) in [6, 6.07) is 8.34. The van der Waals surface area contributed by atoms with E-state index in [0.29, 0.717) is 6.61 Å². The lowest BCUT2D eigenvalue weighted by Crippen LogP contribution is -2.35. The Hall–Kier alpha value is -1.06. The van der Waals surface area contributed by atoms with Crippen LogP contribution in [-0.4, -0.2) is 31.6 Å². The minimum atomic E-state index is 0.0663. The molecule has 2 unspecified atom stereocenters. The van der Waals surface area contributed by atoms with E-state index in [0.717, 1.165) is 11.3 Å². The van der Waals surface area contributed by atoms with Crippen LogP contribution in [0.3, 0.4) is 0 Å². The van der Waals surface area contributed by atoms with Crippen LogP contribution in [0.15, 0.2) is 24.3 Å². The van der Waals surface area contributed by atoms with Gasteiger partial charge in [0, 0.05) is 11.6 Å². The number of rotatable bonds is 5. The summed E-state index contributed by atoms with van der Waals surface area (Å²) in [4.78, 5) is 2.13. The van der Waals surface area contributed by atoms with Crippen LogP contribution in [0.4, 0.5) is 0 Å². The standard InChI is InChI=1S/C13H22N2O/c1-5-16-12-9-7-6-8-11(12)13(10(2)14)15(3)4/h6-10,13H,5,14H2,1-4H3. The highest BCUT2D eigenvalue weighted by Gasteiger charge is 2.21. The largest absolute Gasteiger partial charge is 0.494 e. The van der Waals surface area contributed by atoms with Gasteiger partial charge in [-0.05, 0) is 34.0 Å². The summed E-state index contributed by atoms with van der Waals surface area (Å²) in [5.74, 6) is 0.931. The fourth-order valence-corrected chi connectivity index (χ4v) is 2.04. The Balaban J connectivity index is 3.07. The van der Waals surface area contributed by atoms with E-state index in [1.54, 1.807) is 0 Å². The Morgan fingerprint density at radius 2 is 1.94 bits per heavy atom. The second kappa shape index (κ2) is 5.87. The molecule has 0 amide bonds. The maximum Gasteiger partial charge on any atom is 0.124 e. The van der Waals surface area contributed by atoms with Gasteiger partial charge in [-0.15, -0.1) is 0 Å². The van der Waals surface area contributed by atoms with E-state index in [4.69, 9.17) is 10.5 Å². The predicted molar refractivity (Wildman–Crippen MR) is 67.7 cm³/mol. The number of nitrogens with two attached hydrogens (primary N) is 1. The number of para-hydroxylation sites is 1. The topological polar surface area (TPSA) is 38.5 Å². The number of hydrogen-bond donors (Lipinski definition) is 1. The van der Waals surface area contributed by atoms with Crippen LogP contribution < -0.4 is 10.5 Å². The highest BCUT2D eigenvalue weighted by molar-refractivity contribution is 5.36. The highest BCUT2D eigenvalue weighted by Crippen LogP contribution is 2.29. The van der Waals surface area contributed by atoms with Gasteiger partial charge in [0.25, 0.3) is 0 Å². The molecule has 1 aromatic rings. The van der Waals surface area contributed by atoms with E-state index in [-0.39, 0.29) is 12.1 Å². The second-order valence-electron chi connectivity index (χ2n) is 4.24. The quantitative estimate of drug-likeness (QED) is 0.828. The molecule has 2 N–H and O–H groups in total. The summed E-state index contributed by atoms with van der Waals surface area (Å²) >= 11 is 0. The normalized spacial score (nSPS) is 14.9. The lowest BCUT2D eigenvalue weighted by atomic mass is 9.99. The molecule has 3 nitrogen and oxygen atoms in total. The molecule has 0 spiro atoms. The van der Waals surface area contributed by atoms with E-state index in [9.17, 15) is 0 Å². The van der Waals surface area contributed by atoms with Gasteiger partial charge in [-0.2, -0.15) is 0 Å². The van der Waals surface area contributed by atoms with Crippen molar-refractivity contribution in [2.45, 2.75) is 25.9 Å². The molecule has 0 aliphatic rings. The maximum absolute atomic E-state index is 6.04. The summed E-state index contributed by atoms with van der Waals surface area (Å²) < 4.78 is 5.64. The molecule has 0 aliphatic heterocycles. The first-order valence-electron chi connectivity index (χ1n) is 5.71. The molecule has 0 aliphatic carbocycles. The monoisotopic (exact) mass is 222 g/mol. The Kier molecular flexibility index (Phi) is 4.77. The molecule has 16 heavy (non-hydrogen) atoms. The highest BCUT2D eigenvalue weighted by atomic mass is 16.5. The lowest BCUT2D eigenvalue weighted by molar-refractivity contribution is 0.252. The van der Waals surface area contributed by atoms with Crippen LogP contribution in [0.1, 0.15) is 25.5 Å². The molecule has 0 aromatic heterocycles. The first-order valence-corrected chi connectivity index (χ1v) is 5.71. The van der Waals surface area contributed by atoms with Crippen LogP contribution >= 0.6 is 0 Å². The first kappa shape index (κ1) is 13.0. The van der Waals surface area contributed by atoms with Crippen molar-refractivity contribution in [2.75, 3.05) is 20.7 Å². The van der Waals surface area contributed by atoms with Gasteiger partial charge in [0.15, 0.2) is 0 Å². The minimum Gasteiger partial charge on any atom is -0.494 e. The van der Waals surface area contributed by atoms with Gasteiger partial charge in [0.05, 0.1) is 12.6 Å². The van der Waals surface area contributed by atoms with Gasteiger partial charge in [-0.25, -0.2) is 0 Å². The molecule has 0 bridgehead atoms. The minimum absolute atomic E-state index is 0.0663. The van der Waals surface area contributed by atoms with Gasteiger partial charge >= 0.3 is 0 Å². The molecule has 90 valence electrons. The molecule has 2 atom stereocenters. The van der Waals surface area contributed by atoms with Gasteiger partial charge in [-0.1, -0.05) is 18.2 Å². The van der Waals surface area contributed by atoms with Crippen LogP contribution in [0.2, 0.25) is 0 Å². The zero-order valence-electron chi connectivity index (χ0n) is 10.6. The van der Waals surface area contributed by atoms with Crippen LogP contribution in [-0.2, 0) is 0 Å². The van der Waals surface area contributed by atoms with Crippen molar-refractivity contribution in [3.8, 4) is 5.75 Å². The van der Waals surface area contributed by atoms with Crippen LogP contribution in [0.25, 0.3) is 0 Å². The Labute approximate surface area is 98.2 Å². The molecule has 1 aromatic carbocycles. The number of nitrogens with zero attached hydrogens (tertiary/aromatic N) is 1. The summed E-state index contributed by atoms with van der Waals surface area (Å²) in [5, 5.41) is 0. The van der Waals surface area contributed by atoms with Crippen molar-refractivity contribution in [1.29, 1.82) is 0 Å². The Morgan fingerprint density at radius 3 is 2.44 bits per heavy atom. The molecule has 0 heterocycles. The van der Waals surface area contributed by atoms with Crippen molar-refractivity contribution in [3.05, 3.63) is 29.8 Å². The third kappa shape index (κ3) is 2.97. The first-order chi connectivity index (χ1) is 7.57. The van der Waals surface area contributed by atoms with Crippen molar-refractivity contribution in [3.63, 3.8) is 0 Å². The number of likely N-dealkylation sites (N-methyl/N-ethyl adjacent to an activating group) is 1. The van der Waals surface area contributed by atoms with Crippen molar-refractivity contribution >= 4 is 0 Å². The molecule has 3 heteroatoms. The predicted octanol–water partition coefficient (Wildman–Crippen LogP) is 2.04. The fraction of sp³-hybridized carbons (Fsp3) is 0.538. The Bertz CT molecular complexity index is 315. The average molecular weight is 222 g/mol. The molecule has 0 saturated carbocycles. The second-order valence-corrected chi connectivity index (χ2v) is 4.24. The lowest BCUT2D eigenvalue weighted by Gasteiger charge is -2.29. The summed E-state index contributed by atoms with van der Waals surface area (Å²) in [5.41, 5.74) is 7.19. The molecule has 0 saturated heterocycles. The van der Waals surface area contributed by atoms with Crippen molar-refractivity contribution in [2.24, 2.45) is 5.73 Å². The van der Waals surface area contributed by atoms with Crippen LogP contribution in [0, 0.1) is 0 Å². The number of ether oxygens (including phenoxy) is 1. The van der Waals surface area contributed by atoms with E-state index in [1.165, 1.54) is 0 Å². The summed E-state index contributed by atoms with van der Waals surface area (Å²) in [6.07, 6.45) is 0. The average Bonchev–Trinajstić information content (AvgIpc) is 2.20. The maximum atomic E-state index is 6.04. The molecular formula is C13H22N2O. The van der Waals surface area contributed by atoms with Gasteiger partial charge in [0.2, 0.25) is 0 Å². The van der Waals surface area contributed by atoms with Gasteiger partial charge < -0.3 is 15.4 Å². The van der Waals surface area contributed by atoms with Crippen LogP contribution in [0.5, 0.6) is 5.75 Å². The van der Waals surface area contributed by atoms with E-state index >= 15 is 0 Å². The number of benzene rings is 1. The zero-order valence-corrected chi connectivity index (χ0v) is 10.6. The van der Waals surface area contributed by atoms with Crippen molar-refractivity contribution in [1.82, 2.24) is 4.90 Å². The summed E-state index contributed by atoms with van der Waals surface area (Å²) in [7, 11) is 4.08. The number of hydrogen-bond acceptors (Lipinski definition) is 3. The SMILES string of the molecule is CCOc1ccccc1C(C(C)N)N(C)C. The Morgan fingerprint density at radius 1 is 1.31 bits per heavy atom. The third-order valence-corrected chi connectivity index (χ3v) is 2.59. The van der Waals surface area contributed by atoms with E-state index < -0.39 is 0 Å². The molecule has 1 rings (SSSR count). The molecular weight excluding hydrogens is 200 g/mol. The molecule has 0 radical (unpaired) electrons. The summed E-state index contributed by atoms with van der Waals surface area (Å²) in [6.45, 7) is 4.69. The van der Waals surface area contributed by atoms with E-state index in [2.05, 4.69) is 11.0 Å². The zero-order chi connectivity index (χ0) is 12.1. The van der Waals surface area contributed by atoms with Gasteiger partial charge in [-0.3, -0.25) is 0 Å². The third-order valence-electron chi connectivity index (χ3n) is 2.59. The smallest absolute Gasteiger partial charge is 0.124 e. The van der Waals surface area contributed by atoms with Crippen molar-refractivity contribution < 1.29 is 4.74 Å². The fourth-order valence-electron chi connectivity index (χ4n) is 2.04.